The topological polar surface area (TPSA) is 90.9 Å². The molecular formula is C18H18N4O2S2. The first-order valence-electron chi connectivity index (χ1n) is 8.48. The number of fused-ring (bicyclic) bond motifs is 3. The van der Waals surface area contributed by atoms with Crippen molar-refractivity contribution in [3.05, 3.63) is 50.9 Å². The highest BCUT2D eigenvalue weighted by Gasteiger charge is 2.22. The van der Waals surface area contributed by atoms with E-state index in [4.69, 9.17) is 10.7 Å². The summed E-state index contributed by atoms with van der Waals surface area (Å²) in [5, 5.41) is 1.29. The zero-order chi connectivity index (χ0) is 18.1. The Bertz CT molecular complexity index is 1030. The van der Waals surface area contributed by atoms with Crippen LogP contribution in [0.2, 0.25) is 0 Å². The van der Waals surface area contributed by atoms with Crippen LogP contribution in [-0.2, 0) is 24.2 Å². The van der Waals surface area contributed by atoms with Crippen LogP contribution in [0.4, 0.5) is 0 Å². The lowest BCUT2D eigenvalue weighted by molar-refractivity contribution is -0.115. The summed E-state index contributed by atoms with van der Waals surface area (Å²) in [6.07, 6.45) is 7.64. The van der Waals surface area contributed by atoms with Gasteiger partial charge in [0, 0.05) is 17.3 Å². The van der Waals surface area contributed by atoms with E-state index < -0.39 is 5.91 Å². The van der Waals surface area contributed by atoms with E-state index in [9.17, 15) is 9.59 Å². The summed E-state index contributed by atoms with van der Waals surface area (Å²) in [6, 6.07) is 3.75. The summed E-state index contributed by atoms with van der Waals surface area (Å²) in [6.45, 7) is 0.399. The van der Waals surface area contributed by atoms with Crippen LogP contribution >= 0.6 is 23.1 Å². The molecule has 0 unspecified atom stereocenters. The second kappa shape index (κ2) is 7.20. The summed E-state index contributed by atoms with van der Waals surface area (Å²) in [7, 11) is 0. The molecule has 4 rings (SSSR count). The van der Waals surface area contributed by atoms with Gasteiger partial charge in [-0.3, -0.25) is 19.1 Å². The Morgan fingerprint density at radius 1 is 1.27 bits per heavy atom. The number of primary amides is 1. The van der Waals surface area contributed by atoms with Gasteiger partial charge in [-0.15, -0.1) is 11.3 Å². The number of pyridine rings is 1. The van der Waals surface area contributed by atoms with Crippen LogP contribution in [0.15, 0.2) is 34.5 Å². The third kappa shape index (κ3) is 3.26. The van der Waals surface area contributed by atoms with Gasteiger partial charge in [-0.05, 0) is 48.9 Å². The molecule has 0 spiro atoms. The lowest BCUT2D eigenvalue weighted by Gasteiger charge is -2.13. The Hall–Kier alpha value is -2.19. The van der Waals surface area contributed by atoms with Gasteiger partial charge in [0.25, 0.3) is 5.56 Å². The zero-order valence-corrected chi connectivity index (χ0v) is 15.7. The number of nitrogens with two attached hydrogens (primary N) is 1. The third-order valence-corrected chi connectivity index (χ3v) is 6.66. The van der Waals surface area contributed by atoms with E-state index in [1.807, 2.05) is 12.1 Å². The molecule has 0 radical (unpaired) electrons. The van der Waals surface area contributed by atoms with Gasteiger partial charge < -0.3 is 5.73 Å². The summed E-state index contributed by atoms with van der Waals surface area (Å²) in [5.74, 6) is -0.329. The molecule has 1 aliphatic rings. The number of aromatic nitrogens is 3. The number of carbonyl (C=O) groups is 1. The fraction of sp³-hybridized carbons (Fsp3) is 0.333. The van der Waals surface area contributed by atoms with E-state index in [-0.39, 0.29) is 11.3 Å². The summed E-state index contributed by atoms with van der Waals surface area (Å²) in [4.78, 5) is 35.4. The Balaban J connectivity index is 1.87. The first kappa shape index (κ1) is 17.2. The predicted molar refractivity (Wildman–Crippen MR) is 104 cm³/mol. The van der Waals surface area contributed by atoms with Crippen LogP contribution in [0, 0.1) is 0 Å². The van der Waals surface area contributed by atoms with E-state index >= 15 is 0 Å². The molecule has 6 nitrogen and oxygen atoms in total. The third-order valence-electron chi connectivity index (χ3n) is 4.47. The molecule has 8 heteroatoms. The average molecular weight is 387 g/mol. The Morgan fingerprint density at radius 2 is 2.04 bits per heavy atom. The Kier molecular flexibility index (Phi) is 4.78. The molecular weight excluding hydrogens is 368 g/mol. The average Bonchev–Trinajstić information content (AvgIpc) is 3.02. The normalized spacial score (nSPS) is 13.7. The fourth-order valence-electron chi connectivity index (χ4n) is 3.28. The molecule has 2 N–H and O–H groups in total. The molecule has 0 fully saturated rings. The molecule has 3 heterocycles. The first-order chi connectivity index (χ1) is 12.6. The molecule has 0 saturated carbocycles. The number of aryl methyl sites for hydroxylation is 2. The van der Waals surface area contributed by atoms with E-state index in [0.717, 1.165) is 41.5 Å². The Labute approximate surface area is 158 Å². The van der Waals surface area contributed by atoms with Crippen LogP contribution in [0.5, 0.6) is 0 Å². The molecule has 134 valence electrons. The highest BCUT2D eigenvalue weighted by Crippen LogP contribution is 2.34. The largest absolute Gasteiger partial charge is 0.369 e. The van der Waals surface area contributed by atoms with Crippen LogP contribution in [-0.4, -0.2) is 26.2 Å². The highest BCUT2D eigenvalue weighted by molar-refractivity contribution is 7.99. The number of nitrogens with zero attached hydrogens (tertiary/aromatic N) is 3. The zero-order valence-electron chi connectivity index (χ0n) is 14.1. The molecule has 0 aliphatic heterocycles. The van der Waals surface area contributed by atoms with Crippen molar-refractivity contribution < 1.29 is 4.79 Å². The maximum atomic E-state index is 13.3. The highest BCUT2D eigenvalue weighted by atomic mass is 32.2. The maximum absolute atomic E-state index is 13.3. The molecule has 26 heavy (non-hydrogen) atoms. The number of carbonyl (C=O) groups excluding carboxylic acids is 1. The van der Waals surface area contributed by atoms with Crippen molar-refractivity contribution >= 4 is 39.2 Å². The van der Waals surface area contributed by atoms with Crippen molar-refractivity contribution in [1.82, 2.24) is 14.5 Å². The van der Waals surface area contributed by atoms with Crippen molar-refractivity contribution in [3.8, 4) is 0 Å². The number of rotatable bonds is 5. The maximum Gasteiger partial charge on any atom is 0.263 e. The van der Waals surface area contributed by atoms with E-state index in [1.165, 1.54) is 22.2 Å². The molecule has 0 atom stereocenters. The monoisotopic (exact) mass is 386 g/mol. The lowest BCUT2D eigenvalue weighted by Crippen LogP contribution is -2.25. The molecule has 3 aromatic heterocycles. The van der Waals surface area contributed by atoms with Crippen molar-refractivity contribution in [3.63, 3.8) is 0 Å². The van der Waals surface area contributed by atoms with Gasteiger partial charge in [-0.2, -0.15) is 0 Å². The van der Waals surface area contributed by atoms with E-state index in [0.29, 0.717) is 11.7 Å². The van der Waals surface area contributed by atoms with E-state index in [1.54, 1.807) is 28.3 Å². The Morgan fingerprint density at radius 3 is 2.81 bits per heavy atom. The second-order valence-electron chi connectivity index (χ2n) is 6.29. The number of hydrogen-bond donors (Lipinski definition) is 1. The van der Waals surface area contributed by atoms with Gasteiger partial charge >= 0.3 is 0 Å². The lowest BCUT2D eigenvalue weighted by atomic mass is 9.97. The number of thiophene rings is 1. The van der Waals surface area contributed by atoms with Gasteiger partial charge in [0.05, 0.1) is 17.7 Å². The van der Waals surface area contributed by atoms with Gasteiger partial charge in [0.2, 0.25) is 5.91 Å². The van der Waals surface area contributed by atoms with E-state index in [2.05, 4.69) is 4.98 Å². The van der Waals surface area contributed by atoms with Gasteiger partial charge in [-0.25, -0.2) is 4.98 Å². The van der Waals surface area contributed by atoms with Crippen molar-refractivity contribution in [1.29, 1.82) is 0 Å². The summed E-state index contributed by atoms with van der Waals surface area (Å²) >= 11 is 2.83. The van der Waals surface area contributed by atoms with Gasteiger partial charge in [0.15, 0.2) is 5.16 Å². The number of thioether (sulfide) groups is 1. The van der Waals surface area contributed by atoms with Crippen molar-refractivity contribution in [2.45, 2.75) is 37.4 Å². The smallest absolute Gasteiger partial charge is 0.263 e. The van der Waals surface area contributed by atoms with Crippen LogP contribution in [0.3, 0.4) is 0 Å². The minimum absolute atomic E-state index is 0.0295. The minimum atomic E-state index is -0.426. The van der Waals surface area contributed by atoms with Crippen LogP contribution in [0.1, 0.15) is 28.8 Å². The first-order valence-corrected chi connectivity index (χ1v) is 10.3. The number of hydrogen-bond acceptors (Lipinski definition) is 6. The molecule has 0 bridgehead atoms. The molecule has 1 amide bonds. The van der Waals surface area contributed by atoms with Crippen molar-refractivity contribution in [2.24, 2.45) is 5.73 Å². The summed E-state index contributed by atoms with van der Waals surface area (Å²) in [5.41, 5.74) is 7.40. The molecule has 1 aliphatic carbocycles. The van der Waals surface area contributed by atoms with Crippen LogP contribution in [0.25, 0.3) is 10.2 Å². The minimum Gasteiger partial charge on any atom is -0.369 e. The number of amides is 1. The quantitative estimate of drug-likeness (QED) is 0.537. The fourth-order valence-corrected chi connectivity index (χ4v) is 5.32. The van der Waals surface area contributed by atoms with Gasteiger partial charge in [0.1, 0.15) is 4.83 Å². The SMILES string of the molecule is NC(=O)CSc1nc2sc3c(c2c(=O)n1Cc1ccncc1)CCCC3. The van der Waals surface area contributed by atoms with Crippen LogP contribution < -0.4 is 11.3 Å². The molecule has 0 aromatic carbocycles. The molecule has 0 saturated heterocycles. The summed E-state index contributed by atoms with van der Waals surface area (Å²) < 4.78 is 1.66. The predicted octanol–water partition coefficient (Wildman–Crippen LogP) is 2.36. The van der Waals surface area contributed by atoms with Crippen molar-refractivity contribution in [2.75, 3.05) is 5.75 Å². The van der Waals surface area contributed by atoms with Gasteiger partial charge in [-0.1, -0.05) is 11.8 Å². The second-order valence-corrected chi connectivity index (χ2v) is 8.31. The molecule has 3 aromatic rings. The standard InChI is InChI=1S/C18H18N4O2S2/c19-14(23)10-25-18-21-16-15(12-3-1-2-4-13(12)26-16)17(24)22(18)9-11-5-7-20-8-6-11/h5-8H,1-4,9-10H2,(H2,19,23).